The number of hydrogen-bond donors (Lipinski definition) is 2. The third-order valence-electron chi connectivity index (χ3n) is 2.86. The van der Waals surface area contributed by atoms with Crippen LogP contribution in [0.3, 0.4) is 0 Å². The van der Waals surface area contributed by atoms with Crippen LogP contribution in [0.1, 0.15) is 16.8 Å². The molecule has 0 aromatic heterocycles. The number of carboxylic acids is 1. The molecular weight excluding hydrogens is 294 g/mol. The first-order valence-electron chi connectivity index (χ1n) is 6.28. The first kappa shape index (κ1) is 17.2. The molecule has 1 atom stereocenters. The number of aliphatic carboxylic acids is 1. The second-order valence-electron chi connectivity index (χ2n) is 4.19. The lowest BCUT2D eigenvalue weighted by atomic mass is 10.1. The van der Waals surface area contributed by atoms with E-state index in [0.29, 0.717) is 17.9 Å². The van der Waals surface area contributed by atoms with Crippen molar-refractivity contribution in [2.75, 3.05) is 26.2 Å². The third-order valence-corrected chi connectivity index (χ3v) is 3.51. The second kappa shape index (κ2) is 8.41. The minimum atomic E-state index is -1.06. The van der Waals surface area contributed by atoms with Crippen LogP contribution in [-0.4, -0.2) is 49.3 Å². The predicted octanol–water partition coefficient (Wildman–Crippen LogP) is 1.64. The van der Waals surface area contributed by atoms with Crippen LogP contribution in [0, 0.1) is 0 Å². The van der Waals surface area contributed by atoms with E-state index in [1.165, 1.54) is 26.0 Å². The van der Waals surface area contributed by atoms with Crippen LogP contribution >= 0.6 is 11.8 Å². The summed E-state index contributed by atoms with van der Waals surface area (Å²) in [5.74, 6) is -0.210. The van der Waals surface area contributed by atoms with Crippen molar-refractivity contribution in [3.8, 4) is 11.5 Å². The number of ether oxygens (including phenoxy) is 2. The van der Waals surface area contributed by atoms with Gasteiger partial charge in [0, 0.05) is 0 Å². The van der Waals surface area contributed by atoms with E-state index in [1.54, 1.807) is 18.2 Å². The number of hydrogen-bond acceptors (Lipinski definition) is 5. The third kappa shape index (κ3) is 4.56. The van der Waals surface area contributed by atoms with Crippen LogP contribution in [0.25, 0.3) is 0 Å². The Labute approximate surface area is 127 Å². The molecule has 0 spiro atoms. The second-order valence-corrected chi connectivity index (χ2v) is 5.17. The van der Waals surface area contributed by atoms with Crippen LogP contribution in [0.4, 0.5) is 0 Å². The number of nitrogens with one attached hydrogen (secondary N) is 1. The molecule has 1 aromatic carbocycles. The Kier molecular flexibility index (Phi) is 6.87. The molecule has 0 aliphatic heterocycles. The highest BCUT2D eigenvalue weighted by Crippen LogP contribution is 2.30. The molecule has 6 nitrogen and oxygen atoms in total. The predicted molar refractivity (Wildman–Crippen MR) is 81.4 cm³/mol. The zero-order valence-corrected chi connectivity index (χ0v) is 13.0. The van der Waals surface area contributed by atoms with Crippen LogP contribution in [0.15, 0.2) is 18.2 Å². The summed E-state index contributed by atoms with van der Waals surface area (Å²) in [5, 5.41) is 11.6. The molecule has 0 aliphatic carbocycles. The number of methoxy groups -OCH3 is 2. The summed E-state index contributed by atoms with van der Waals surface area (Å²) in [5.41, 5.74) is 0.243. The van der Waals surface area contributed by atoms with E-state index in [4.69, 9.17) is 14.6 Å². The number of amides is 1. The Morgan fingerprint density at radius 1 is 1.33 bits per heavy atom. The SMILES string of the molecule is COc1cccc(C(=O)N[C@@H](CCSC)C(=O)O)c1OC. The molecule has 0 saturated carbocycles. The van der Waals surface area contributed by atoms with Crippen LogP contribution < -0.4 is 14.8 Å². The van der Waals surface area contributed by atoms with Crippen molar-refractivity contribution < 1.29 is 24.2 Å². The lowest BCUT2D eigenvalue weighted by molar-refractivity contribution is -0.139. The smallest absolute Gasteiger partial charge is 0.326 e. The molecule has 0 heterocycles. The highest BCUT2D eigenvalue weighted by molar-refractivity contribution is 7.98. The lowest BCUT2D eigenvalue weighted by Gasteiger charge is -2.16. The van der Waals surface area contributed by atoms with Crippen LogP contribution in [0.5, 0.6) is 11.5 Å². The largest absolute Gasteiger partial charge is 0.493 e. The molecule has 1 aromatic rings. The lowest BCUT2D eigenvalue weighted by Crippen LogP contribution is -2.41. The average Bonchev–Trinajstić information content (AvgIpc) is 2.49. The average molecular weight is 313 g/mol. The first-order chi connectivity index (χ1) is 10.0. The van der Waals surface area contributed by atoms with E-state index in [0.717, 1.165) is 0 Å². The maximum Gasteiger partial charge on any atom is 0.326 e. The molecule has 0 aliphatic rings. The van der Waals surface area contributed by atoms with E-state index >= 15 is 0 Å². The monoisotopic (exact) mass is 313 g/mol. The van der Waals surface area contributed by atoms with Gasteiger partial charge in [-0.1, -0.05) is 6.07 Å². The van der Waals surface area contributed by atoms with Crippen molar-refractivity contribution in [1.82, 2.24) is 5.32 Å². The summed E-state index contributed by atoms with van der Waals surface area (Å²) in [6.45, 7) is 0. The van der Waals surface area contributed by atoms with Gasteiger partial charge in [0.25, 0.3) is 5.91 Å². The van der Waals surface area contributed by atoms with Crippen molar-refractivity contribution >= 4 is 23.6 Å². The van der Waals surface area contributed by atoms with Gasteiger partial charge in [0.2, 0.25) is 0 Å². The number of para-hydroxylation sites is 1. The topological polar surface area (TPSA) is 84.9 Å². The number of carbonyl (C=O) groups excluding carboxylic acids is 1. The minimum absolute atomic E-state index is 0.243. The fourth-order valence-corrected chi connectivity index (χ4v) is 2.27. The quantitative estimate of drug-likeness (QED) is 0.759. The van der Waals surface area contributed by atoms with E-state index in [-0.39, 0.29) is 11.3 Å². The van der Waals surface area contributed by atoms with Gasteiger partial charge >= 0.3 is 5.97 Å². The summed E-state index contributed by atoms with van der Waals surface area (Å²) in [7, 11) is 2.90. The number of carboxylic acid groups (broad SMARTS) is 1. The van der Waals surface area contributed by atoms with E-state index < -0.39 is 17.9 Å². The molecule has 0 radical (unpaired) electrons. The van der Waals surface area contributed by atoms with E-state index in [9.17, 15) is 9.59 Å². The molecule has 2 N–H and O–H groups in total. The Morgan fingerprint density at radius 3 is 2.57 bits per heavy atom. The standard InChI is InChI=1S/C14H19NO5S/c1-19-11-6-4-5-9(12(11)20-2)13(16)15-10(14(17)18)7-8-21-3/h4-6,10H,7-8H2,1-3H3,(H,15,16)(H,17,18)/t10-/m0/s1. The Morgan fingerprint density at radius 2 is 2.05 bits per heavy atom. The highest BCUT2D eigenvalue weighted by Gasteiger charge is 2.23. The van der Waals surface area contributed by atoms with Gasteiger partial charge in [-0.25, -0.2) is 4.79 Å². The van der Waals surface area contributed by atoms with Gasteiger partial charge in [-0.15, -0.1) is 0 Å². The zero-order chi connectivity index (χ0) is 15.8. The fraction of sp³-hybridized carbons (Fsp3) is 0.429. The van der Waals surface area contributed by atoms with Crippen molar-refractivity contribution in [3.05, 3.63) is 23.8 Å². The molecule has 1 rings (SSSR count). The summed E-state index contributed by atoms with van der Waals surface area (Å²) >= 11 is 1.52. The van der Waals surface area contributed by atoms with Crippen LogP contribution in [-0.2, 0) is 4.79 Å². The Bertz CT molecular complexity index is 506. The van der Waals surface area contributed by atoms with Crippen molar-refractivity contribution in [1.29, 1.82) is 0 Å². The van der Waals surface area contributed by atoms with Crippen molar-refractivity contribution in [2.24, 2.45) is 0 Å². The molecule has 116 valence electrons. The van der Waals surface area contributed by atoms with Gasteiger partial charge in [-0.3, -0.25) is 4.79 Å². The van der Waals surface area contributed by atoms with Gasteiger partial charge < -0.3 is 19.9 Å². The Hall–Kier alpha value is -1.89. The van der Waals surface area contributed by atoms with Gasteiger partial charge in [0.15, 0.2) is 11.5 Å². The molecule has 0 unspecified atom stereocenters. The van der Waals surface area contributed by atoms with Gasteiger partial charge in [0.05, 0.1) is 19.8 Å². The van der Waals surface area contributed by atoms with Crippen LogP contribution in [0.2, 0.25) is 0 Å². The van der Waals surface area contributed by atoms with Gasteiger partial charge in [-0.2, -0.15) is 11.8 Å². The maximum atomic E-state index is 12.3. The minimum Gasteiger partial charge on any atom is -0.493 e. The number of benzene rings is 1. The molecular formula is C14H19NO5S. The molecule has 0 fully saturated rings. The summed E-state index contributed by atoms with van der Waals surface area (Å²) in [4.78, 5) is 23.4. The summed E-state index contributed by atoms with van der Waals surface area (Å²) in [6, 6.07) is 3.94. The molecule has 0 saturated heterocycles. The highest BCUT2D eigenvalue weighted by atomic mass is 32.2. The maximum absolute atomic E-state index is 12.3. The van der Waals surface area contributed by atoms with Crippen molar-refractivity contribution in [2.45, 2.75) is 12.5 Å². The molecule has 1 amide bonds. The number of thioether (sulfide) groups is 1. The summed E-state index contributed by atoms with van der Waals surface area (Å²) < 4.78 is 10.3. The zero-order valence-electron chi connectivity index (χ0n) is 12.2. The van der Waals surface area contributed by atoms with Crippen molar-refractivity contribution in [3.63, 3.8) is 0 Å². The normalized spacial score (nSPS) is 11.6. The van der Waals surface area contributed by atoms with Gasteiger partial charge in [0.1, 0.15) is 6.04 Å². The molecule has 21 heavy (non-hydrogen) atoms. The Balaban J connectivity index is 2.94. The summed E-state index contributed by atoms with van der Waals surface area (Å²) in [6.07, 6.45) is 2.24. The number of carbonyl (C=O) groups is 2. The molecule has 0 bridgehead atoms. The van der Waals surface area contributed by atoms with Gasteiger partial charge in [-0.05, 0) is 30.6 Å². The molecule has 7 heteroatoms. The number of rotatable bonds is 8. The first-order valence-corrected chi connectivity index (χ1v) is 7.68. The fourth-order valence-electron chi connectivity index (χ4n) is 1.80. The van der Waals surface area contributed by atoms with E-state index in [1.807, 2.05) is 6.26 Å². The van der Waals surface area contributed by atoms with E-state index in [2.05, 4.69) is 5.32 Å².